The number of ether oxygens (including phenoxy) is 1. The molecule has 5 heterocycles. The lowest BCUT2D eigenvalue weighted by Crippen LogP contribution is -2.16. The van der Waals surface area contributed by atoms with Crippen molar-refractivity contribution in [3.63, 3.8) is 0 Å². The van der Waals surface area contributed by atoms with E-state index in [2.05, 4.69) is 87.9 Å². The first kappa shape index (κ1) is 31.5. The van der Waals surface area contributed by atoms with E-state index in [4.69, 9.17) is 19.7 Å². The summed E-state index contributed by atoms with van der Waals surface area (Å²) in [5, 5.41) is 14.1. The van der Waals surface area contributed by atoms with Crippen LogP contribution in [0.25, 0.3) is 6.08 Å². The predicted molar refractivity (Wildman–Crippen MR) is 191 cm³/mol. The normalized spacial score (nSPS) is 23.1. The summed E-state index contributed by atoms with van der Waals surface area (Å²) in [5.74, 6) is -0.141. The summed E-state index contributed by atoms with van der Waals surface area (Å²) in [7, 11) is 1.43. The minimum absolute atomic E-state index is 0.0170. The molecule has 5 aliphatic heterocycles. The van der Waals surface area contributed by atoms with Gasteiger partial charge in [0.1, 0.15) is 0 Å². The van der Waals surface area contributed by atoms with Crippen molar-refractivity contribution in [1.29, 1.82) is 0 Å². The molecule has 0 spiro atoms. The monoisotopic (exact) mass is 639 g/mol. The fourth-order valence-electron chi connectivity index (χ4n) is 7.58. The highest BCUT2D eigenvalue weighted by Gasteiger charge is 2.41. The van der Waals surface area contributed by atoms with Crippen LogP contribution in [0.2, 0.25) is 0 Å². The molecule has 48 heavy (non-hydrogen) atoms. The van der Waals surface area contributed by atoms with E-state index in [0.717, 1.165) is 96.7 Å². The molecule has 3 N–H and O–H groups in total. The number of nitrogens with one attached hydrogen (secondary N) is 2. The van der Waals surface area contributed by atoms with Crippen molar-refractivity contribution >= 4 is 29.2 Å². The molecule has 8 heteroatoms. The Labute approximate surface area is 281 Å². The Kier molecular flexibility index (Phi) is 8.21. The van der Waals surface area contributed by atoms with E-state index < -0.39 is 0 Å². The number of carbonyl (C=O) groups excluding carboxylic acids is 1. The number of rotatable bonds is 7. The van der Waals surface area contributed by atoms with Gasteiger partial charge in [-0.1, -0.05) is 56.3 Å². The number of methoxy groups -OCH3 is 1. The van der Waals surface area contributed by atoms with E-state index in [1.165, 1.54) is 12.7 Å². The molecule has 6 aliphatic rings. The first-order valence-corrected chi connectivity index (χ1v) is 16.7. The molecule has 1 aliphatic carbocycles. The summed E-state index contributed by atoms with van der Waals surface area (Å²) in [5.41, 5.74) is 19.0. The van der Waals surface area contributed by atoms with Gasteiger partial charge in [-0.15, -0.1) is 0 Å². The SMILES string of the molecule is CCC1=C(C)C2=NC1=CC1=C(C)C3=C(NO)CC(=C4NC(=CC5=NC(=C2)C(/C=C\c2ccccc2)=C5C)[C@@H](C)[C@@H]4CCC(=O)OC)C3=N1. The fourth-order valence-corrected chi connectivity index (χ4v) is 7.58. The molecule has 0 aromatic heterocycles. The topological polar surface area (TPSA) is 108 Å². The van der Waals surface area contributed by atoms with E-state index >= 15 is 0 Å². The number of aliphatic imine (C=N–C) groups is 3. The zero-order chi connectivity index (χ0) is 33.7. The smallest absolute Gasteiger partial charge is 0.305 e. The van der Waals surface area contributed by atoms with Crippen molar-refractivity contribution in [3.8, 4) is 0 Å². The van der Waals surface area contributed by atoms with Crippen LogP contribution in [0.5, 0.6) is 0 Å². The van der Waals surface area contributed by atoms with Crippen LogP contribution in [-0.2, 0) is 9.53 Å². The number of fused-ring (bicyclic) bond motifs is 5. The van der Waals surface area contributed by atoms with Crippen LogP contribution in [0.1, 0.15) is 65.9 Å². The highest BCUT2D eigenvalue weighted by molar-refractivity contribution is 6.21. The summed E-state index contributed by atoms with van der Waals surface area (Å²) in [6.45, 7) is 10.7. The van der Waals surface area contributed by atoms with Crippen LogP contribution in [-0.4, -0.2) is 35.4 Å². The van der Waals surface area contributed by atoms with E-state index in [1.54, 1.807) is 0 Å². The Morgan fingerprint density at radius 3 is 2.48 bits per heavy atom. The minimum atomic E-state index is -0.232. The van der Waals surface area contributed by atoms with Gasteiger partial charge in [0.15, 0.2) is 0 Å². The van der Waals surface area contributed by atoms with Crippen molar-refractivity contribution in [2.24, 2.45) is 26.8 Å². The molecule has 0 saturated carbocycles. The molecule has 0 unspecified atom stereocenters. The van der Waals surface area contributed by atoms with Crippen LogP contribution >= 0.6 is 0 Å². The Hall–Kier alpha value is -5.08. The summed E-state index contributed by atoms with van der Waals surface area (Å²) in [6, 6.07) is 10.3. The Bertz CT molecular complexity index is 2020. The molecule has 1 saturated heterocycles. The molecule has 7 rings (SSSR count). The molecule has 0 radical (unpaired) electrons. The average molecular weight is 640 g/mol. The van der Waals surface area contributed by atoms with Gasteiger partial charge in [0, 0.05) is 52.8 Å². The largest absolute Gasteiger partial charge is 0.469 e. The van der Waals surface area contributed by atoms with E-state index in [1.807, 2.05) is 18.2 Å². The second kappa shape index (κ2) is 12.5. The number of benzene rings is 1. The third-order valence-electron chi connectivity index (χ3n) is 10.4. The van der Waals surface area contributed by atoms with Crippen molar-refractivity contribution in [3.05, 3.63) is 133 Å². The van der Waals surface area contributed by atoms with Gasteiger partial charge >= 0.3 is 5.97 Å². The Morgan fingerprint density at radius 1 is 1.00 bits per heavy atom. The molecule has 1 aromatic rings. The second-order valence-electron chi connectivity index (χ2n) is 13.0. The number of nitrogens with zero attached hydrogens (tertiary/aromatic N) is 3. The van der Waals surface area contributed by atoms with Crippen LogP contribution < -0.4 is 10.8 Å². The number of hydrogen-bond acceptors (Lipinski definition) is 8. The highest BCUT2D eigenvalue weighted by atomic mass is 16.5. The molecule has 8 bridgehead atoms. The van der Waals surface area contributed by atoms with Gasteiger partial charge < -0.3 is 10.1 Å². The quantitative estimate of drug-likeness (QED) is 0.209. The summed E-state index contributed by atoms with van der Waals surface area (Å²) in [6.07, 6.45) is 12.9. The Morgan fingerprint density at radius 2 is 1.75 bits per heavy atom. The first-order valence-electron chi connectivity index (χ1n) is 16.7. The lowest BCUT2D eigenvalue weighted by atomic mass is 9.86. The second-order valence-corrected chi connectivity index (χ2v) is 13.0. The third-order valence-corrected chi connectivity index (χ3v) is 10.4. The highest BCUT2D eigenvalue weighted by Crippen LogP contribution is 2.46. The van der Waals surface area contributed by atoms with E-state index in [0.29, 0.717) is 19.3 Å². The van der Waals surface area contributed by atoms with E-state index in [-0.39, 0.29) is 17.8 Å². The van der Waals surface area contributed by atoms with Crippen LogP contribution in [0.15, 0.2) is 143 Å². The van der Waals surface area contributed by atoms with Gasteiger partial charge in [-0.2, -0.15) is 0 Å². The van der Waals surface area contributed by atoms with E-state index in [9.17, 15) is 10.0 Å². The standard InChI is InChI=1S/C40H41N5O3/c1-7-26-21(2)31-19-35-27(14-13-25-11-9-8-10-12-25)22(3)30(42-35)18-32-23(4)28(15-16-37(46)48-6)39(43-32)29-17-36(45-47)38-24(5)33(44-40(29)38)20-34(26)41-31/h8-14,18-20,23,28,43,45,47H,7,15-17H2,1-6H3/b14-13-,32-18?,34-20?,35-19?,39-29?/t23-,28-/m0/s1. The zero-order valence-corrected chi connectivity index (χ0v) is 28.4. The van der Waals surface area contributed by atoms with Crippen LogP contribution in [0, 0.1) is 11.8 Å². The van der Waals surface area contributed by atoms with Crippen LogP contribution in [0.3, 0.4) is 0 Å². The number of hydroxylamine groups is 1. The van der Waals surface area contributed by atoms with Gasteiger partial charge in [-0.25, -0.2) is 15.0 Å². The average Bonchev–Trinajstić information content (AvgIpc) is 3.85. The minimum Gasteiger partial charge on any atom is -0.469 e. The van der Waals surface area contributed by atoms with Gasteiger partial charge in [-0.05, 0) is 79.7 Å². The molecule has 1 fully saturated rings. The van der Waals surface area contributed by atoms with Gasteiger partial charge in [0.05, 0.1) is 47.0 Å². The predicted octanol–water partition coefficient (Wildman–Crippen LogP) is 7.75. The summed E-state index contributed by atoms with van der Waals surface area (Å²) in [4.78, 5) is 27.9. The maximum atomic E-state index is 12.3. The number of esters is 1. The third kappa shape index (κ3) is 5.30. The molecular formula is C40H41N5O3. The van der Waals surface area contributed by atoms with Crippen molar-refractivity contribution in [1.82, 2.24) is 10.8 Å². The van der Waals surface area contributed by atoms with Gasteiger partial charge in [-0.3, -0.25) is 15.5 Å². The maximum Gasteiger partial charge on any atom is 0.305 e. The number of allylic oxidation sites excluding steroid dienone is 12. The summed E-state index contributed by atoms with van der Waals surface area (Å²) >= 11 is 0. The van der Waals surface area contributed by atoms with Crippen LogP contribution in [0.4, 0.5) is 0 Å². The first-order chi connectivity index (χ1) is 23.2. The molecule has 8 nitrogen and oxygen atoms in total. The van der Waals surface area contributed by atoms with Crippen molar-refractivity contribution in [2.75, 3.05) is 7.11 Å². The number of carbonyl (C=O) groups is 1. The molecule has 2 atom stereocenters. The van der Waals surface area contributed by atoms with Crippen molar-refractivity contribution in [2.45, 2.75) is 60.3 Å². The zero-order valence-electron chi connectivity index (χ0n) is 28.4. The Balaban J connectivity index is 1.44. The molecular weight excluding hydrogens is 598 g/mol. The molecule has 1 aromatic carbocycles. The number of hydrogen-bond donors (Lipinski definition) is 3. The van der Waals surface area contributed by atoms with Crippen molar-refractivity contribution < 1.29 is 14.7 Å². The lowest BCUT2D eigenvalue weighted by molar-refractivity contribution is -0.140. The molecule has 244 valence electrons. The van der Waals surface area contributed by atoms with Gasteiger partial charge in [0.25, 0.3) is 0 Å². The fraction of sp³-hybridized carbons (Fsp3) is 0.300. The maximum absolute atomic E-state index is 12.3. The lowest BCUT2D eigenvalue weighted by Gasteiger charge is -2.17. The molecule has 0 amide bonds. The summed E-state index contributed by atoms with van der Waals surface area (Å²) < 4.78 is 5.03. The van der Waals surface area contributed by atoms with Gasteiger partial charge in [0.2, 0.25) is 0 Å².